The Morgan fingerprint density at radius 3 is 1.81 bits per heavy atom. The van der Waals surface area contributed by atoms with Gasteiger partial charge in [-0.25, -0.2) is 0 Å². The van der Waals surface area contributed by atoms with Gasteiger partial charge < -0.3 is 8.83 Å². The van der Waals surface area contributed by atoms with Gasteiger partial charge in [-0.15, -0.1) is 0 Å². The van der Waals surface area contributed by atoms with Crippen molar-refractivity contribution in [3.05, 3.63) is 175 Å². The number of hydrogen-bond donors (Lipinski definition) is 0. The Bertz CT molecular complexity index is 3380. The van der Waals surface area contributed by atoms with Gasteiger partial charge >= 0.3 is 0 Å². The Kier molecular flexibility index (Phi) is 6.20. The van der Waals surface area contributed by atoms with E-state index in [9.17, 15) is 0 Å². The standard InChI is InChI=1S/C52H32O2/c1-2-13-37-31(9-1)10-8-17-38(37)36-20-23-42-41-22-19-34(28-46(41)39-14-3-4-15-40(39)47(42)30-36)32-11-7-12-33(27-32)35-21-26-50-48(29-35)45-25-24-44-43-16-5-6-18-49(43)53-51(44)52(45)54-50/h1-2,4-13,15-30H,3,14H2. The summed E-state index contributed by atoms with van der Waals surface area (Å²) in [6.07, 6.45) is 6.79. The lowest BCUT2D eigenvalue weighted by atomic mass is 9.84. The van der Waals surface area contributed by atoms with Crippen LogP contribution in [0.4, 0.5) is 0 Å². The fraction of sp³-hybridized carbons (Fsp3) is 0.0385. The Labute approximate surface area is 311 Å². The summed E-state index contributed by atoms with van der Waals surface area (Å²) in [4.78, 5) is 0. The Morgan fingerprint density at radius 1 is 0.370 bits per heavy atom. The largest absolute Gasteiger partial charge is 0.452 e. The summed E-state index contributed by atoms with van der Waals surface area (Å²) in [7, 11) is 0. The maximum absolute atomic E-state index is 6.44. The zero-order valence-corrected chi connectivity index (χ0v) is 29.4. The van der Waals surface area contributed by atoms with Crippen molar-refractivity contribution in [3.63, 3.8) is 0 Å². The number of rotatable bonds is 3. The maximum atomic E-state index is 6.44. The van der Waals surface area contributed by atoms with E-state index in [1.807, 2.05) is 18.2 Å². The molecule has 0 saturated heterocycles. The van der Waals surface area contributed by atoms with Gasteiger partial charge in [0.25, 0.3) is 0 Å². The minimum Gasteiger partial charge on any atom is -0.452 e. The van der Waals surface area contributed by atoms with Crippen molar-refractivity contribution in [1.82, 2.24) is 0 Å². The van der Waals surface area contributed by atoms with Crippen molar-refractivity contribution in [2.75, 3.05) is 0 Å². The number of furan rings is 2. The minimum atomic E-state index is 0.802. The molecule has 2 aromatic heterocycles. The molecule has 9 aromatic carbocycles. The lowest BCUT2D eigenvalue weighted by Gasteiger charge is -2.20. The molecular weight excluding hydrogens is 657 g/mol. The SMILES string of the molecule is C1=Cc2c(c3cc(-c4cccc(-c5ccc6oc7c(ccc8c9ccccc9oc87)c6c5)c4)ccc3c3ccc(-c4cccc5ccccc45)cc23)CC1. The first-order valence-electron chi connectivity index (χ1n) is 18.8. The van der Waals surface area contributed by atoms with E-state index in [0.29, 0.717) is 0 Å². The molecule has 11 aromatic rings. The smallest absolute Gasteiger partial charge is 0.178 e. The van der Waals surface area contributed by atoms with E-state index in [1.165, 1.54) is 71.3 Å². The number of allylic oxidation sites excluding steroid dienone is 1. The maximum Gasteiger partial charge on any atom is 0.178 e. The topological polar surface area (TPSA) is 26.3 Å². The summed E-state index contributed by atoms with van der Waals surface area (Å²) >= 11 is 0. The van der Waals surface area contributed by atoms with Crippen LogP contribution in [0.25, 0.3) is 116 Å². The normalized spacial score (nSPS) is 13.0. The van der Waals surface area contributed by atoms with Crippen LogP contribution in [0.15, 0.2) is 173 Å². The molecule has 1 aliphatic rings. The molecule has 12 rings (SSSR count). The van der Waals surface area contributed by atoms with Crippen molar-refractivity contribution in [2.24, 2.45) is 0 Å². The quantitative estimate of drug-likeness (QED) is 0.173. The summed E-state index contributed by atoms with van der Waals surface area (Å²) in [5.74, 6) is 0. The highest BCUT2D eigenvalue weighted by Gasteiger charge is 2.19. The molecule has 1 aliphatic carbocycles. The summed E-state index contributed by atoms with van der Waals surface area (Å²) in [6.45, 7) is 0. The van der Waals surface area contributed by atoms with Gasteiger partial charge in [-0.05, 0) is 138 Å². The van der Waals surface area contributed by atoms with Crippen LogP contribution in [0.3, 0.4) is 0 Å². The summed E-state index contributed by atoms with van der Waals surface area (Å²) in [5, 5.41) is 12.2. The third-order valence-corrected chi connectivity index (χ3v) is 11.7. The molecule has 2 nitrogen and oxygen atoms in total. The fourth-order valence-electron chi connectivity index (χ4n) is 9.13. The van der Waals surface area contributed by atoms with E-state index >= 15 is 0 Å². The number of fused-ring (bicyclic) bond motifs is 14. The molecule has 0 aliphatic heterocycles. The van der Waals surface area contributed by atoms with Gasteiger partial charge in [0.2, 0.25) is 0 Å². The zero-order chi connectivity index (χ0) is 35.3. The number of hydrogen-bond acceptors (Lipinski definition) is 2. The van der Waals surface area contributed by atoms with Crippen LogP contribution in [-0.2, 0) is 6.42 Å². The lowest BCUT2D eigenvalue weighted by molar-refractivity contribution is 0.633. The van der Waals surface area contributed by atoms with Gasteiger partial charge in [-0.3, -0.25) is 0 Å². The van der Waals surface area contributed by atoms with E-state index in [1.54, 1.807) is 0 Å². The highest BCUT2D eigenvalue weighted by molar-refractivity contribution is 6.19. The molecule has 252 valence electrons. The van der Waals surface area contributed by atoms with Crippen molar-refractivity contribution < 1.29 is 8.83 Å². The molecule has 0 unspecified atom stereocenters. The summed E-state index contributed by atoms with van der Waals surface area (Å²) in [6, 6.07) is 57.4. The van der Waals surface area contributed by atoms with E-state index in [4.69, 9.17) is 8.83 Å². The van der Waals surface area contributed by atoms with Gasteiger partial charge in [0, 0.05) is 21.5 Å². The second-order valence-corrected chi connectivity index (χ2v) is 14.7. The second-order valence-electron chi connectivity index (χ2n) is 14.7. The predicted molar refractivity (Wildman–Crippen MR) is 227 cm³/mol. The molecule has 2 heteroatoms. The third kappa shape index (κ3) is 4.34. The van der Waals surface area contributed by atoms with E-state index in [-0.39, 0.29) is 0 Å². The highest BCUT2D eigenvalue weighted by Crippen LogP contribution is 2.43. The van der Waals surface area contributed by atoms with Crippen LogP contribution in [-0.4, -0.2) is 0 Å². The summed E-state index contributed by atoms with van der Waals surface area (Å²) in [5.41, 5.74) is 13.5. The fourth-order valence-corrected chi connectivity index (χ4v) is 9.13. The van der Waals surface area contributed by atoms with Crippen molar-refractivity contribution in [1.29, 1.82) is 0 Å². The molecule has 0 N–H and O–H groups in total. The monoisotopic (exact) mass is 688 g/mol. The van der Waals surface area contributed by atoms with E-state index < -0.39 is 0 Å². The first-order valence-corrected chi connectivity index (χ1v) is 18.8. The Balaban J connectivity index is 0.969. The second kappa shape index (κ2) is 11.3. The van der Waals surface area contributed by atoms with Crippen molar-refractivity contribution in [2.45, 2.75) is 12.8 Å². The van der Waals surface area contributed by atoms with Gasteiger partial charge in [0.1, 0.15) is 11.2 Å². The summed E-state index contributed by atoms with van der Waals surface area (Å²) < 4.78 is 12.7. The molecule has 0 spiro atoms. The minimum absolute atomic E-state index is 0.802. The number of para-hydroxylation sites is 1. The Morgan fingerprint density at radius 2 is 0.963 bits per heavy atom. The van der Waals surface area contributed by atoms with Crippen LogP contribution >= 0.6 is 0 Å². The third-order valence-electron chi connectivity index (χ3n) is 11.7. The predicted octanol–water partition coefficient (Wildman–Crippen LogP) is 14.9. The molecular formula is C52H32O2. The lowest BCUT2D eigenvalue weighted by Crippen LogP contribution is -1.98. The first kappa shape index (κ1) is 29.7. The van der Waals surface area contributed by atoms with Crippen LogP contribution in [0.1, 0.15) is 17.5 Å². The van der Waals surface area contributed by atoms with Gasteiger partial charge in [-0.1, -0.05) is 121 Å². The molecule has 2 heterocycles. The van der Waals surface area contributed by atoms with Gasteiger partial charge in [-0.2, -0.15) is 0 Å². The molecule has 0 radical (unpaired) electrons. The molecule has 54 heavy (non-hydrogen) atoms. The Hall–Kier alpha value is -6.90. The number of aryl methyl sites for hydroxylation is 1. The zero-order valence-electron chi connectivity index (χ0n) is 29.4. The number of benzene rings is 9. The van der Waals surface area contributed by atoms with Gasteiger partial charge in [0.05, 0.1) is 0 Å². The van der Waals surface area contributed by atoms with Crippen molar-refractivity contribution >= 4 is 82.3 Å². The molecule has 0 fully saturated rings. The van der Waals surface area contributed by atoms with Crippen LogP contribution in [0.5, 0.6) is 0 Å². The average Bonchev–Trinajstić information content (AvgIpc) is 3.82. The van der Waals surface area contributed by atoms with Crippen molar-refractivity contribution in [3.8, 4) is 33.4 Å². The van der Waals surface area contributed by atoms with Gasteiger partial charge in [0.15, 0.2) is 11.2 Å². The molecule has 0 amide bonds. The van der Waals surface area contributed by atoms with Crippen LogP contribution in [0.2, 0.25) is 0 Å². The highest BCUT2D eigenvalue weighted by atomic mass is 16.4. The van der Waals surface area contributed by atoms with E-state index in [2.05, 4.69) is 152 Å². The molecule has 0 bridgehead atoms. The molecule has 0 saturated carbocycles. The van der Waals surface area contributed by atoms with Crippen LogP contribution in [0, 0.1) is 0 Å². The van der Waals surface area contributed by atoms with E-state index in [0.717, 1.165) is 62.3 Å². The average molecular weight is 689 g/mol. The van der Waals surface area contributed by atoms with Crippen LogP contribution < -0.4 is 0 Å². The first-order chi connectivity index (χ1) is 26.7. The molecule has 0 atom stereocenters.